The van der Waals surface area contributed by atoms with Crippen LogP contribution in [0.2, 0.25) is 0 Å². The van der Waals surface area contributed by atoms with E-state index in [0.29, 0.717) is 0 Å². The summed E-state index contributed by atoms with van der Waals surface area (Å²) in [7, 11) is -9.42. The van der Waals surface area contributed by atoms with Crippen molar-refractivity contribution in [3.63, 3.8) is 0 Å². The molecule has 0 aliphatic heterocycles. The van der Waals surface area contributed by atoms with E-state index in [0.717, 1.165) is 48.5 Å². The molecule has 2 aromatic carbocycles. The molecule has 0 N–H and O–H groups in total. The predicted octanol–water partition coefficient (Wildman–Crippen LogP) is 4.09. The summed E-state index contributed by atoms with van der Waals surface area (Å²) >= 11 is 0. The Kier molecular flexibility index (Phi) is 5.76. The van der Waals surface area contributed by atoms with E-state index in [1.54, 1.807) is 0 Å². The van der Waals surface area contributed by atoms with Crippen LogP contribution in [0.5, 0.6) is 0 Å². The molecule has 0 atom stereocenters. The Labute approximate surface area is 146 Å². The largest absolute Gasteiger partial charge is 0.341 e. The summed E-state index contributed by atoms with van der Waals surface area (Å²) in [5, 5.41) is 7.43. The van der Waals surface area contributed by atoms with Crippen LogP contribution in [-0.2, 0) is 19.7 Å². The third-order valence-corrected chi connectivity index (χ3v) is 5.88. The van der Waals surface area contributed by atoms with E-state index < -0.39 is 41.0 Å². The smallest absolute Gasteiger partial charge is 0.218 e. The van der Waals surface area contributed by atoms with Gasteiger partial charge in [0.15, 0.2) is 0 Å². The van der Waals surface area contributed by atoms with Gasteiger partial charge in [-0.3, -0.25) is 0 Å². The SMILES string of the molecule is O=S(=O)(c1ccc(N=Nc2ccc(S(=O)(=O)C(F)F)cc2)cc1)C(F)F. The van der Waals surface area contributed by atoms with Crippen molar-refractivity contribution in [3.05, 3.63) is 48.5 Å². The van der Waals surface area contributed by atoms with Crippen LogP contribution in [0.25, 0.3) is 0 Å². The number of rotatable bonds is 6. The van der Waals surface area contributed by atoms with Crippen molar-refractivity contribution in [1.29, 1.82) is 0 Å². The summed E-state index contributed by atoms with van der Waals surface area (Å²) in [6.45, 7) is 0. The summed E-state index contributed by atoms with van der Waals surface area (Å²) in [5.74, 6) is -7.09. The number of sulfone groups is 2. The molecule has 0 saturated heterocycles. The second-order valence-electron chi connectivity index (χ2n) is 4.80. The minimum Gasteiger partial charge on any atom is -0.218 e. The van der Waals surface area contributed by atoms with Crippen LogP contribution in [0.1, 0.15) is 0 Å². The lowest BCUT2D eigenvalue weighted by molar-refractivity contribution is 0.234. The van der Waals surface area contributed by atoms with Crippen molar-refractivity contribution in [2.45, 2.75) is 21.3 Å². The van der Waals surface area contributed by atoms with Crippen molar-refractivity contribution >= 4 is 31.0 Å². The first-order chi connectivity index (χ1) is 12.0. The molecule has 0 aliphatic rings. The molecule has 12 heteroatoms. The van der Waals surface area contributed by atoms with Crippen LogP contribution in [0, 0.1) is 0 Å². The van der Waals surface area contributed by atoms with E-state index in [2.05, 4.69) is 10.2 Å². The molecule has 0 fully saturated rings. The van der Waals surface area contributed by atoms with Gasteiger partial charge in [0.25, 0.3) is 0 Å². The van der Waals surface area contributed by atoms with Gasteiger partial charge in [-0.1, -0.05) is 0 Å². The van der Waals surface area contributed by atoms with Crippen molar-refractivity contribution in [3.8, 4) is 0 Å². The summed E-state index contributed by atoms with van der Waals surface area (Å²) in [6.07, 6.45) is 0. The van der Waals surface area contributed by atoms with Gasteiger partial charge in [0.1, 0.15) is 0 Å². The molecule has 0 unspecified atom stereocenters. The molecule has 0 bridgehead atoms. The molecule has 0 aliphatic carbocycles. The fourth-order valence-corrected chi connectivity index (χ4v) is 3.17. The zero-order valence-corrected chi connectivity index (χ0v) is 14.3. The second kappa shape index (κ2) is 7.50. The highest BCUT2D eigenvalue weighted by atomic mass is 32.2. The van der Waals surface area contributed by atoms with Gasteiger partial charge in [0, 0.05) is 0 Å². The lowest BCUT2D eigenvalue weighted by atomic mass is 10.3. The summed E-state index contributed by atoms with van der Waals surface area (Å²) < 4.78 is 94.8. The fraction of sp³-hybridized carbons (Fsp3) is 0.143. The normalized spacial score (nSPS) is 13.0. The topological polar surface area (TPSA) is 93.0 Å². The summed E-state index contributed by atoms with van der Waals surface area (Å²) in [6, 6.07) is 8.34. The monoisotopic (exact) mass is 410 g/mol. The summed E-state index contributed by atoms with van der Waals surface area (Å²) in [5.41, 5.74) is 0.282. The van der Waals surface area contributed by atoms with Gasteiger partial charge in [-0.05, 0) is 48.5 Å². The van der Waals surface area contributed by atoms with Gasteiger partial charge in [-0.25, -0.2) is 16.8 Å². The van der Waals surface area contributed by atoms with Crippen LogP contribution >= 0.6 is 0 Å². The number of hydrogen-bond donors (Lipinski definition) is 0. The Morgan fingerprint density at radius 2 is 0.846 bits per heavy atom. The van der Waals surface area contributed by atoms with Gasteiger partial charge in [-0.15, -0.1) is 0 Å². The molecule has 0 spiro atoms. The highest BCUT2D eigenvalue weighted by Gasteiger charge is 2.27. The highest BCUT2D eigenvalue weighted by Crippen LogP contribution is 2.25. The number of nitrogens with zero attached hydrogens (tertiary/aromatic N) is 2. The molecule has 0 aromatic heterocycles. The molecule has 6 nitrogen and oxygen atoms in total. The Morgan fingerprint density at radius 1 is 0.577 bits per heavy atom. The van der Waals surface area contributed by atoms with E-state index in [1.165, 1.54) is 0 Å². The average molecular weight is 410 g/mol. The Hall–Kier alpha value is -2.34. The Balaban J connectivity index is 2.18. The maximum absolute atomic E-state index is 12.4. The van der Waals surface area contributed by atoms with E-state index in [-0.39, 0.29) is 11.4 Å². The first-order valence-electron chi connectivity index (χ1n) is 6.71. The zero-order chi connectivity index (χ0) is 19.5. The number of hydrogen-bond acceptors (Lipinski definition) is 6. The zero-order valence-electron chi connectivity index (χ0n) is 12.6. The van der Waals surface area contributed by atoms with Crippen LogP contribution in [0.15, 0.2) is 68.6 Å². The van der Waals surface area contributed by atoms with Gasteiger partial charge < -0.3 is 0 Å². The third-order valence-electron chi connectivity index (χ3n) is 3.08. The van der Waals surface area contributed by atoms with Crippen molar-refractivity contribution in [1.82, 2.24) is 0 Å². The molecule has 0 radical (unpaired) electrons. The molecule has 2 aromatic rings. The molecule has 0 saturated carbocycles. The van der Waals surface area contributed by atoms with Crippen LogP contribution in [0.4, 0.5) is 28.9 Å². The maximum Gasteiger partial charge on any atom is 0.341 e. The molecular formula is C14H10F4N2O4S2. The highest BCUT2D eigenvalue weighted by molar-refractivity contribution is 7.92. The van der Waals surface area contributed by atoms with Gasteiger partial charge in [0.2, 0.25) is 19.7 Å². The molecule has 26 heavy (non-hydrogen) atoms. The first kappa shape index (κ1) is 20.0. The lowest BCUT2D eigenvalue weighted by Gasteiger charge is -2.03. The minimum atomic E-state index is -4.71. The first-order valence-corrected chi connectivity index (χ1v) is 9.80. The number of halogens is 4. The predicted molar refractivity (Wildman–Crippen MR) is 83.4 cm³/mol. The standard InChI is InChI=1S/C14H10F4N2O4S2/c15-13(16)25(21,22)11-5-1-9(2-6-11)19-20-10-3-7-12(8-4-10)26(23,24)14(17)18/h1-8,13-14H. The molecule has 0 amide bonds. The maximum atomic E-state index is 12.4. The molecular weight excluding hydrogens is 400 g/mol. The molecule has 0 heterocycles. The minimum absolute atomic E-state index is 0.141. The van der Waals surface area contributed by atoms with E-state index in [9.17, 15) is 34.4 Å². The van der Waals surface area contributed by atoms with Crippen molar-refractivity contribution in [2.75, 3.05) is 0 Å². The van der Waals surface area contributed by atoms with E-state index >= 15 is 0 Å². The Morgan fingerprint density at radius 3 is 1.08 bits per heavy atom. The number of alkyl halides is 4. The van der Waals surface area contributed by atoms with Crippen molar-refractivity contribution < 1.29 is 34.4 Å². The lowest BCUT2D eigenvalue weighted by Crippen LogP contribution is -2.10. The van der Waals surface area contributed by atoms with Gasteiger partial charge in [-0.2, -0.15) is 27.8 Å². The Bertz CT molecular complexity index is 920. The summed E-state index contributed by atoms with van der Waals surface area (Å²) in [4.78, 5) is -1.15. The molecule has 140 valence electrons. The van der Waals surface area contributed by atoms with Crippen LogP contribution < -0.4 is 0 Å². The number of benzene rings is 2. The second-order valence-corrected chi connectivity index (χ2v) is 8.63. The van der Waals surface area contributed by atoms with Gasteiger partial charge in [0.05, 0.1) is 21.2 Å². The van der Waals surface area contributed by atoms with Gasteiger partial charge >= 0.3 is 11.5 Å². The fourth-order valence-electron chi connectivity index (χ4n) is 1.73. The molecule has 2 rings (SSSR count). The van der Waals surface area contributed by atoms with Crippen LogP contribution in [-0.4, -0.2) is 28.4 Å². The van der Waals surface area contributed by atoms with Crippen molar-refractivity contribution in [2.24, 2.45) is 10.2 Å². The average Bonchev–Trinajstić information content (AvgIpc) is 2.60. The quantitative estimate of drug-likeness (QED) is 0.529. The van der Waals surface area contributed by atoms with Crippen LogP contribution in [0.3, 0.4) is 0 Å². The van der Waals surface area contributed by atoms with E-state index in [1.807, 2.05) is 0 Å². The van der Waals surface area contributed by atoms with E-state index in [4.69, 9.17) is 0 Å². The third kappa shape index (κ3) is 4.25. The number of azo groups is 1.